The molecule has 0 spiro atoms. The van der Waals surface area contributed by atoms with Gasteiger partial charge in [0.1, 0.15) is 0 Å². The van der Waals surface area contributed by atoms with Crippen molar-refractivity contribution in [1.82, 2.24) is 15.5 Å². The van der Waals surface area contributed by atoms with E-state index in [1.54, 1.807) is 7.05 Å². The van der Waals surface area contributed by atoms with E-state index in [2.05, 4.69) is 53.5 Å². The fraction of sp³-hybridized carbons (Fsp3) is 0.619. The van der Waals surface area contributed by atoms with Crippen molar-refractivity contribution in [3.63, 3.8) is 0 Å². The van der Waals surface area contributed by atoms with Gasteiger partial charge in [0.2, 0.25) is 5.91 Å². The number of hydrogen-bond donors (Lipinski definition) is 3. The minimum Gasteiger partial charge on any atom is -0.356 e. The molecule has 0 heterocycles. The molecule has 152 valence electrons. The second kappa shape index (κ2) is 12.3. The van der Waals surface area contributed by atoms with Crippen molar-refractivity contribution in [3.05, 3.63) is 29.8 Å². The lowest BCUT2D eigenvalue weighted by Crippen LogP contribution is -2.41. The van der Waals surface area contributed by atoms with Crippen molar-refractivity contribution >= 4 is 17.6 Å². The van der Waals surface area contributed by atoms with E-state index in [4.69, 9.17) is 0 Å². The molecule has 0 bridgehead atoms. The van der Waals surface area contributed by atoms with Gasteiger partial charge < -0.3 is 16.0 Å². The Morgan fingerprint density at radius 3 is 2.15 bits per heavy atom. The Kier molecular flexibility index (Phi) is 10.5. The first-order valence-corrected chi connectivity index (χ1v) is 9.90. The molecule has 6 nitrogen and oxygen atoms in total. The fourth-order valence-corrected chi connectivity index (χ4v) is 3.08. The third kappa shape index (κ3) is 9.43. The number of rotatable bonds is 10. The number of nitrogens with zero attached hydrogens (tertiary/aromatic N) is 2. The van der Waals surface area contributed by atoms with Gasteiger partial charge in [-0.1, -0.05) is 12.1 Å². The van der Waals surface area contributed by atoms with Gasteiger partial charge in [-0.2, -0.15) is 0 Å². The smallest absolute Gasteiger partial charge is 0.221 e. The van der Waals surface area contributed by atoms with Crippen LogP contribution < -0.4 is 16.0 Å². The van der Waals surface area contributed by atoms with Crippen LogP contribution in [0.5, 0.6) is 0 Å². The van der Waals surface area contributed by atoms with E-state index in [9.17, 15) is 4.79 Å². The Hall–Kier alpha value is -2.08. The van der Waals surface area contributed by atoms with Gasteiger partial charge >= 0.3 is 0 Å². The zero-order chi connectivity index (χ0) is 20.2. The predicted molar refractivity (Wildman–Crippen MR) is 115 cm³/mol. The Balaban J connectivity index is 2.29. The van der Waals surface area contributed by atoms with Crippen LogP contribution in [0.4, 0.5) is 5.69 Å². The van der Waals surface area contributed by atoms with Crippen LogP contribution >= 0.6 is 0 Å². The number of hydrogen-bond acceptors (Lipinski definition) is 3. The van der Waals surface area contributed by atoms with Crippen LogP contribution in [0.2, 0.25) is 0 Å². The number of amides is 1. The molecule has 1 aromatic carbocycles. The van der Waals surface area contributed by atoms with Crippen LogP contribution in [-0.2, 0) is 11.2 Å². The van der Waals surface area contributed by atoms with Crippen LogP contribution in [0.1, 0.15) is 46.6 Å². The number of guanidine groups is 1. The van der Waals surface area contributed by atoms with Gasteiger partial charge in [0, 0.05) is 51.4 Å². The number of nitrogens with one attached hydrogen (secondary N) is 3. The predicted octanol–water partition coefficient (Wildman–Crippen LogP) is 2.86. The Bertz CT molecular complexity index is 573. The summed E-state index contributed by atoms with van der Waals surface area (Å²) in [5, 5.41) is 9.52. The molecule has 0 aliphatic rings. The highest BCUT2D eigenvalue weighted by Crippen LogP contribution is 2.09. The Labute approximate surface area is 164 Å². The van der Waals surface area contributed by atoms with Crippen molar-refractivity contribution in [2.75, 3.05) is 32.0 Å². The molecule has 1 rings (SSSR count). The second-order valence-corrected chi connectivity index (χ2v) is 7.33. The summed E-state index contributed by atoms with van der Waals surface area (Å²) in [6, 6.07) is 9.07. The average molecular weight is 376 g/mol. The van der Waals surface area contributed by atoms with Crippen LogP contribution in [0.25, 0.3) is 0 Å². The molecule has 0 radical (unpaired) electrons. The van der Waals surface area contributed by atoms with E-state index in [1.165, 1.54) is 12.5 Å². The quantitative estimate of drug-likeness (QED) is 0.334. The number of benzene rings is 1. The normalized spacial score (nSPS) is 12.0. The summed E-state index contributed by atoms with van der Waals surface area (Å²) < 4.78 is 0. The minimum absolute atomic E-state index is 0.0517. The lowest BCUT2D eigenvalue weighted by Gasteiger charge is -2.30. The number of aliphatic imine (C=N–C) groups is 1. The van der Waals surface area contributed by atoms with E-state index in [-0.39, 0.29) is 5.91 Å². The lowest BCUT2D eigenvalue weighted by molar-refractivity contribution is -0.114. The van der Waals surface area contributed by atoms with E-state index in [0.29, 0.717) is 12.1 Å². The van der Waals surface area contributed by atoms with Crippen LogP contribution in [-0.4, -0.2) is 55.5 Å². The van der Waals surface area contributed by atoms with Gasteiger partial charge in [0.05, 0.1) is 0 Å². The van der Waals surface area contributed by atoms with E-state index in [1.807, 2.05) is 24.3 Å². The van der Waals surface area contributed by atoms with Gasteiger partial charge in [-0.3, -0.25) is 14.7 Å². The van der Waals surface area contributed by atoms with Crippen molar-refractivity contribution in [2.45, 2.75) is 59.5 Å². The number of carbonyl (C=O) groups excluding carboxylic acids is 1. The topological polar surface area (TPSA) is 68.8 Å². The van der Waals surface area contributed by atoms with E-state index in [0.717, 1.165) is 44.1 Å². The molecular formula is C21H37N5O. The molecule has 0 unspecified atom stereocenters. The van der Waals surface area contributed by atoms with Gasteiger partial charge in [-0.25, -0.2) is 0 Å². The molecule has 0 aromatic heterocycles. The first-order chi connectivity index (χ1) is 12.8. The summed E-state index contributed by atoms with van der Waals surface area (Å²) in [7, 11) is 1.80. The number of carbonyl (C=O) groups is 1. The molecule has 27 heavy (non-hydrogen) atoms. The number of anilines is 1. The van der Waals surface area contributed by atoms with Gasteiger partial charge in [-0.15, -0.1) is 0 Å². The molecule has 0 saturated carbocycles. The van der Waals surface area contributed by atoms with Crippen LogP contribution in [0.15, 0.2) is 29.3 Å². The first-order valence-electron chi connectivity index (χ1n) is 9.90. The molecule has 1 aromatic rings. The molecule has 0 saturated heterocycles. The van der Waals surface area contributed by atoms with Gasteiger partial charge in [0.15, 0.2) is 5.96 Å². The monoisotopic (exact) mass is 375 g/mol. The Morgan fingerprint density at radius 1 is 1.04 bits per heavy atom. The summed E-state index contributed by atoms with van der Waals surface area (Å²) in [6.07, 6.45) is 1.98. The molecule has 0 atom stereocenters. The van der Waals surface area contributed by atoms with Gasteiger partial charge in [-0.05, 0) is 58.2 Å². The van der Waals surface area contributed by atoms with Crippen molar-refractivity contribution in [1.29, 1.82) is 0 Å². The van der Waals surface area contributed by atoms with Crippen molar-refractivity contribution in [2.24, 2.45) is 4.99 Å². The molecule has 3 N–H and O–H groups in total. The molecule has 6 heteroatoms. The fourth-order valence-electron chi connectivity index (χ4n) is 3.08. The molecule has 0 aliphatic carbocycles. The standard InChI is InChI=1S/C21H37N5O/c1-16(2)26(17(3)4)15-7-13-23-21(22-6)24-14-12-19-8-10-20(11-9-19)25-18(5)27/h8-11,16-17H,7,12-15H2,1-6H3,(H,25,27)(H2,22,23,24). The maximum absolute atomic E-state index is 11.0. The summed E-state index contributed by atoms with van der Waals surface area (Å²) in [4.78, 5) is 17.8. The van der Waals surface area contributed by atoms with Crippen molar-refractivity contribution < 1.29 is 4.79 Å². The van der Waals surface area contributed by atoms with Crippen LogP contribution in [0, 0.1) is 0 Å². The summed E-state index contributed by atoms with van der Waals surface area (Å²) >= 11 is 0. The van der Waals surface area contributed by atoms with E-state index < -0.39 is 0 Å². The summed E-state index contributed by atoms with van der Waals surface area (Å²) in [5.41, 5.74) is 2.05. The van der Waals surface area contributed by atoms with Crippen molar-refractivity contribution in [3.8, 4) is 0 Å². The summed E-state index contributed by atoms with van der Waals surface area (Å²) in [6.45, 7) is 13.3. The zero-order valence-electron chi connectivity index (χ0n) is 17.8. The molecule has 0 aliphatic heterocycles. The molecule has 0 fully saturated rings. The zero-order valence-corrected chi connectivity index (χ0v) is 17.8. The third-order valence-corrected chi connectivity index (χ3v) is 4.42. The third-order valence-electron chi connectivity index (χ3n) is 4.42. The second-order valence-electron chi connectivity index (χ2n) is 7.33. The highest BCUT2D eigenvalue weighted by molar-refractivity contribution is 5.88. The van der Waals surface area contributed by atoms with E-state index >= 15 is 0 Å². The lowest BCUT2D eigenvalue weighted by atomic mass is 10.1. The van der Waals surface area contributed by atoms with Gasteiger partial charge in [0.25, 0.3) is 0 Å². The highest BCUT2D eigenvalue weighted by atomic mass is 16.1. The molecule has 1 amide bonds. The average Bonchev–Trinajstić information content (AvgIpc) is 2.60. The highest BCUT2D eigenvalue weighted by Gasteiger charge is 2.12. The minimum atomic E-state index is -0.0517. The SMILES string of the molecule is CN=C(NCCCN(C(C)C)C(C)C)NCCc1ccc(NC(C)=O)cc1. The summed E-state index contributed by atoms with van der Waals surface area (Å²) in [5.74, 6) is 0.787. The maximum Gasteiger partial charge on any atom is 0.221 e. The largest absolute Gasteiger partial charge is 0.356 e. The Morgan fingerprint density at radius 2 is 1.63 bits per heavy atom. The maximum atomic E-state index is 11.0. The van der Waals surface area contributed by atoms with Crippen LogP contribution in [0.3, 0.4) is 0 Å². The molecular weight excluding hydrogens is 338 g/mol. The first kappa shape index (κ1) is 23.0.